The molecule has 0 spiro atoms. The van der Waals surface area contributed by atoms with E-state index < -0.39 is 0 Å². The molecule has 0 aliphatic heterocycles. The van der Waals surface area contributed by atoms with Crippen molar-refractivity contribution in [2.75, 3.05) is 12.4 Å². The fourth-order valence-corrected chi connectivity index (χ4v) is 2.00. The minimum atomic E-state index is -0.0840. The predicted octanol–water partition coefficient (Wildman–Crippen LogP) is 3.08. The van der Waals surface area contributed by atoms with Gasteiger partial charge < -0.3 is 11.1 Å². The van der Waals surface area contributed by atoms with Crippen LogP contribution >= 0.6 is 0 Å². The fourth-order valence-electron chi connectivity index (χ4n) is 2.00. The number of nitrogens with two attached hydrogens (primary N) is 1. The molecule has 2 nitrogen and oxygen atoms in total. The SMILES string of the molecule is CNc1cc(C)ccc1C(N)c1ccccc1. The Morgan fingerprint density at radius 3 is 2.41 bits per heavy atom. The Bertz CT molecular complexity index is 492. The molecule has 0 aromatic heterocycles. The summed E-state index contributed by atoms with van der Waals surface area (Å²) >= 11 is 0. The van der Waals surface area contributed by atoms with Gasteiger partial charge in [0.15, 0.2) is 0 Å². The Balaban J connectivity index is 2.40. The number of aryl methyl sites for hydroxylation is 1. The van der Waals surface area contributed by atoms with Crippen LogP contribution in [0.3, 0.4) is 0 Å². The number of nitrogens with one attached hydrogen (secondary N) is 1. The monoisotopic (exact) mass is 226 g/mol. The molecule has 2 aromatic carbocycles. The van der Waals surface area contributed by atoms with Crippen LogP contribution in [0.4, 0.5) is 5.69 Å². The van der Waals surface area contributed by atoms with Crippen LogP contribution in [0, 0.1) is 6.92 Å². The van der Waals surface area contributed by atoms with Gasteiger partial charge in [-0.3, -0.25) is 0 Å². The smallest absolute Gasteiger partial charge is 0.0572 e. The fraction of sp³-hybridized carbons (Fsp3) is 0.200. The summed E-state index contributed by atoms with van der Waals surface area (Å²) in [5.41, 5.74) is 10.9. The van der Waals surface area contributed by atoms with E-state index >= 15 is 0 Å². The van der Waals surface area contributed by atoms with Crippen molar-refractivity contribution in [1.29, 1.82) is 0 Å². The highest BCUT2D eigenvalue weighted by atomic mass is 14.8. The number of hydrogen-bond acceptors (Lipinski definition) is 2. The predicted molar refractivity (Wildman–Crippen MR) is 73.2 cm³/mol. The highest BCUT2D eigenvalue weighted by Crippen LogP contribution is 2.27. The minimum absolute atomic E-state index is 0.0840. The average Bonchev–Trinajstić information content (AvgIpc) is 2.39. The highest BCUT2D eigenvalue weighted by molar-refractivity contribution is 5.56. The van der Waals surface area contributed by atoms with Crippen molar-refractivity contribution in [2.24, 2.45) is 5.73 Å². The molecule has 17 heavy (non-hydrogen) atoms. The standard InChI is InChI=1S/C15H18N2/c1-11-8-9-13(14(10-11)17-2)15(16)12-6-4-3-5-7-12/h3-10,15,17H,16H2,1-2H3. The number of anilines is 1. The second kappa shape index (κ2) is 5.02. The minimum Gasteiger partial charge on any atom is -0.388 e. The van der Waals surface area contributed by atoms with E-state index in [4.69, 9.17) is 5.73 Å². The van der Waals surface area contributed by atoms with Crippen LogP contribution in [-0.4, -0.2) is 7.05 Å². The normalized spacial score (nSPS) is 12.2. The van der Waals surface area contributed by atoms with Crippen molar-refractivity contribution in [3.05, 3.63) is 65.2 Å². The zero-order valence-electron chi connectivity index (χ0n) is 10.3. The maximum atomic E-state index is 6.30. The Labute approximate surface area is 102 Å². The topological polar surface area (TPSA) is 38.0 Å². The summed E-state index contributed by atoms with van der Waals surface area (Å²) in [6, 6.07) is 16.4. The van der Waals surface area contributed by atoms with Gasteiger partial charge in [-0.25, -0.2) is 0 Å². The van der Waals surface area contributed by atoms with Gasteiger partial charge in [-0.15, -0.1) is 0 Å². The molecule has 2 heteroatoms. The molecule has 0 aliphatic carbocycles. The van der Waals surface area contributed by atoms with E-state index in [0.717, 1.165) is 16.8 Å². The van der Waals surface area contributed by atoms with Crippen molar-refractivity contribution in [2.45, 2.75) is 13.0 Å². The van der Waals surface area contributed by atoms with E-state index in [-0.39, 0.29) is 6.04 Å². The lowest BCUT2D eigenvalue weighted by molar-refractivity contribution is 0.872. The molecule has 0 bridgehead atoms. The molecule has 0 saturated carbocycles. The molecule has 0 saturated heterocycles. The summed E-state index contributed by atoms with van der Waals surface area (Å²) < 4.78 is 0. The zero-order chi connectivity index (χ0) is 12.3. The zero-order valence-corrected chi connectivity index (χ0v) is 10.3. The molecule has 88 valence electrons. The van der Waals surface area contributed by atoms with Crippen molar-refractivity contribution >= 4 is 5.69 Å². The van der Waals surface area contributed by atoms with E-state index in [1.807, 2.05) is 25.2 Å². The van der Waals surface area contributed by atoms with E-state index in [1.54, 1.807) is 0 Å². The molecule has 0 aliphatic rings. The van der Waals surface area contributed by atoms with Gasteiger partial charge in [-0.05, 0) is 29.7 Å². The number of rotatable bonds is 3. The van der Waals surface area contributed by atoms with Gasteiger partial charge in [0.1, 0.15) is 0 Å². The summed E-state index contributed by atoms with van der Waals surface area (Å²) in [5.74, 6) is 0. The molecule has 2 aromatic rings. The highest BCUT2D eigenvalue weighted by Gasteiger charge is 2.12. The Kier molecular flexibility index (Phi) is 3.45. The molecule has 0 heterocycles. The van der Waals surface area contributed by atoms with E-state index in [2.05, 4.69) is 42.6 Å². The van der Waals surface area contributed by atoms with Gasteiger partial charge in [-0.2, -0.15) is 0 Å². The summed E-state index contributed by atoms with van der Waals surface area (Å²) in [7, 11) is 1.93. The van der Waals surface area contributed by atoms with Gasteiger partial charge in [-0.1, -0.05) is 42.5 Å². The summed E-state index contributed by atoms with van der Waals surface area (Å²) in [6.45, 7) is 2.08. The first-order valence-electron chi connectivity index (χ1n) is 5.81. The molecule has 1 atom stereocenters. The van der Waals surface area contributed by atoms with Crippen LogP contribution in [0.25, 0.3) is 0 Å². The molecule has 3 N–H and O–H groups in total. The van der Waals surface area contributed by atoms with Gasteiger partial charge in [0.25, 0.3) is 0 Å². The van der Waals surface area contributed by atoms with Crippen LogP contribution in [0.15, 0.2) is 48.5 Å². The molecular weight excluding hydrogens is 208 g/mol. The molecule has 1 unspecified atom stereocenters. The first-order chi connectivity index (χ1) is 8.22. The van der Waals surface area contributed by atoms with Crippen molar-refractivity contribution < 1.29 is 0 Å². The van der Waals surface area contributed by atoms with Crippen LogP contribution < -0.4 is 11.1 Å². The first kappa shape index (κ1) is 11.7. The van der Waals surface area contributed by atoms with Gasteiger partial charge >= 0.3 is 0 Å². The third-order valence-electron chi connectivity index (χ3n) is 2.97. The van der Waals surface area contributed by atoms with Crippen molar-refractivity contribution in [3.8, 4) is 0 Å². The average molecular weight is 226 g/mol. The van der Waals surface area contributed by atoms with Crippen LogP contribution in [0.1, 0.15) is 22.7 Å². The third kappa shape index (κ3) is 2.48. The lowest BCUT2D eigenvalue weighted by Gasteiger charge is -2.17. The molecule has 0 fully saturated rings. The Hall–Kier alpha value is -1.80. The molecular formula is C15H18N2. The van der Waals surface area contributed by atoms with E-state index in [9.17, 15) is 0 Å². The van der Waals surface area contributed by atoms with Gasteiger partial charge in [0, 0.05) is 12.7 Å². The second-order valence-corrected chi connectivity index (χ2v) is 4.23. The molecule has 0 radical (unpaired) electrons. The second-order valence-electron chi connectivity index (χ2n) is 4.23. The number of benzene rings is 2. The first-order valence-corrected chi connectivity index (χ1v) is 5.81. The molecule has 2 rings (SSSR count). The lowest BCUT2D eigenvalue weighted by atomic mass is 9.97. The summed E-state index contributed by atoms with van der Waals surface area (Å²) in [5, 5.41) is 3.21. The largest absolute Gasteiger partial charge is 0.388 e. The maximum Gasteiger partial charge on any atom is 0.0572 e. The van der Waals surface area contributed by atoms with Crippen molar-refractivity contribution in [1.82, 2.24) is 0 Å². The number of hydrogen-bond donors (Lipinski definition) is 2. The summed E-state index contributed by atoms with van der Waals surface area (Å²) in [6.07, 6.45) is 0. The molecule has 0 amide bonds. The van der Waals surface area contributed by atoms with E-state index in [1.165, 1.54) is 5.56 Å². The van der Waals surface area contributed by atoms with Crippen molar-refractivity contribution in [3.63, 3.8) is 0 Å². The Morgan fingerprint density at radius 2 is 1.76 bits per heavy atom. The van der Waals surface area contributed by atoms with Gasteiger partial charge in [0.05, 0.1) is 6.04 Å². The van der Waals surface area contributed by atoms with Crippen LogP contribution in [-0.2, 0) is 0 Å². The van der Waals surface area contributed by atoms with E-state index in [0.29, 0.717) is 0 Å². The summed E-state index contributed by atoms with van der Waals surface area (Å²) in [4.78, 5) is 0. The Morgan fingerprint density at radius 1 is 1.06 bits per heavy atom. The lowest BCUT2D eigenvalue weighted by Crippen LogP contribution is -2.13. The third-order valence-corrected chi connectivity index (χ3v) is 2.97. The van der Waals surface area contributed by atoms with Gasteiger partial charge in [0.2, 0.25) is 0 Å². The maximum absolute atomic E-state index is 6.30. The van der Waals surface area contributed by atoms with Crippen LogP contribution in [0.5, 0.6) is 0 Å². The quantitative estimate of drug-likeness (QED) is 0.844. The van der Waals surface area contributed by atoms with Crippen LogP contribution in [0.2, 0.25) is 0 Å².